The minimum Gasteiger partial charge on any atom is -0.444 e. The van der Waals surface area contributed by atoms with Crippen molar-refractivity contribution in [3.63, 3.8) is 0 Å². The monoisotopic (exact) mass is 586 g/mol. The largest absolute Gasteiger partial charge is 0.444 e. The third-order valence-corrected chi connectivity index (χ3v) is 7.19. The number of rotatable bonds is 8. The minimum absolute atomic E-state index is 0.137. The van der Waals surface area contributed by atoms with Crippen LogP contribution in [0.1, 0.15) is 74.1 Å². The van der Waals surface area contributed by atoms with E-state index in [0.29, 0.717) is 36.8 Å². The number of likely N-dealkylation sites (N-methyl/N-ethyl adjacent to an activating group) is 1. The molecule has 1 saturated heterocycles. The molecular formula is C30H37F3N6O3. The highest BCUT2D eigenvalue weighted by Crippen LogP contribution is 2.33. The van der Waals surface area contributed by atoms with Crippen LogP contribution in [0.25, 0.3) is 0 Å². The number of alkyl halides is 3. The van der Waals surface area contributed by atoms with Crippen LogP contribution in [0.4, 0.5) is 35.3 Å². The number of hydrogen-bond donors (Lipinski definition) is 1. The first-order valence-electron chi connectivity index (χ1n) is 13.9. The predicted octanol–water partition coefficient (Wildman–Crippen LogP) is 6.54. The van der Waals surface area contributed by atoms with E-state index in [-0.39, 0.29) is 12.0 Å². The Balaban J connectivity index is 1.38. The van der Waals surface area contributed by atoms with Crippen LogP contribution in [-0.4, -0.2) is 59.4 Å². The zero-order valence-corrected chi connectivity index (χ0v) is 24.5. The molecule has 3 heterocycles. The van der Waals surface area contributed by atoms with Gasteiger partial charge >= 0.3 is 12.3 Å². The maximum absolute atomic E-state index is 12.9. The Morgan fingerprint density at radius 2 is 1.81 bits per heavy atom. The van der Waals surface area contributed by atoms with E-state index in [1.54, 1.807) is 44.8 Å². The normalized spacial score (nSPS) is 15.3. The third-order valence-electron chi connectivity index (χ3n) is 7.19. The van der Waals surface area contributed by atoms with Crippen molar-refractivity contribution in [2.24, 2.45) is 0 Å². The molecule has 0 saturated carbocycles. The van der Waals surface area contributed by atoms with Crippen LogP contribution in [0.5, 0.6) is 0 Å². The number of anilines is 3. The van der Waals surface area contributed by atoms with Crippen LogP contribution in [0, 0.1) is 0 Å². The summed E-state index contributed by atoms with van der Waals surface area (Å²) in [6, 6.07) is 10.2. The summed E-state index contributed by atoms with van der Waals surface area (Å²) < 4.78 is 45.8. The van der Waals surface area contributed by atoms with E-state index in [2.05, 4.69) is 20.3 Å². The lowest BCUT2D eigenvalue weighted by Crippen LogP contribution is -2.34. The fraction of sp³-hybridized carbons (Fsp3) is 0.467. The SMILES string of the molecule is CC(CN(C)c1ccc(C(F)(F)F)cc1)n1ncc(C2CCN(c3cccc(NC(=O)OC(C)(C)C)n3)CC2)c1C=O. The second-order valence-electron chi connectivity index (χ2n) is 11.6. The molecule has 1 amide bonds. The first-order chi connectivity index (χ1) is 19.7. The summed E-state index contributed by atoms with van der Waals surface area (Å²) in [4.78, 5) is 32.9. The number of nitrogens with one attached hydrogen (secondary N) is 1. The highest BCUT2D eigenvalue weighted by molar-refractivity contribution is 5.83. The quantitative estimate of drug-likeness (QED) is 0.300. The lowest BCUT2D eigenvalue weighted by atomic mass is 9.89. The number of ether oxygens (including phenoxy) is 1. The standard InChI is InChI=1S/C30H37F3N6O3/c1-20(18-37(5)23-11-9-22(10-12-23)30(31,32)33)39-25(19-40)24(17-34-39)21-13-15-38(16-14-21)27-8-6-7-26(35-27)36-28(41)42-29(2,3)4/h6-12,17,19-21H,13-16,18H2,1-5H3,(H,35,36,41). The van der Waals surface area contributed by atoms with Crippen molar-refractivity contribution in [3.05, 3.63) is 65.5 Å². The summed E-state index contributed by atoms with van der Waals surface area (Å²) in [5, 5.41) is 7.20. The maximum Gasteiger partial charge on any atom is 0.416 e. The Hall–Kier alpha value is -4.09. The van der Waals surface area contributed by atoms with E-state index in [9.17, 15) is 22.8 Å². The average Bonchev–Trinajstić information content (AvgIpc) is 3.36. The van der Waals surface area contributed by atoms with Crippen molar-refractivity contribution in [3.8, 4) is 0 Å². The van der Waals surface area contributed by atoms with Gasteiger partial charge in [-0.15, -0.1) is 0 Å². The summed E-state index contributed by atoms with van der Waals surface area (Å²) in [7, 11) is 1.80. The molecule has 1 aromatic carbocycles. The number of piperidine rings is 1. The lowest BCUT2D eigenvalue weighted by Gasteiger charge is -2.33. The Bertz CT molecular complexity index is 1380. The molecule has 0 radical (unpaired) electrons. The van der Waals surface area contributed by atoms with Crippen LogP contribution in [0.2, 0.25) is 0 Å². The van der Waals surface area contributed by atoms with Crippen LogP contribution >= 0.6 is 0 Å². The van der Waals surface area contributed by atoms with Crippen LogP contribution < -0.4 is 15.1 Å². The van der Waals surface area contributed by atoms with Crippen molar-refractivity contribution < 1.29 is 27.5 Å². The number of halogens is 3. The number of carbonyl (C=O) groups is 2. The molecular weight excluding hydrogens is 549 g/mol. The van der Waals surface area contributed by atoms with E-state index in [1.807, 2.05) is 24.0 Å². The summed E-state index contributed by atoms with van der Waals surface area (Å²) in [5.41, 5.74) is 0.740. The van der Waals surface area contributed by atoms with Crippen molar-refractivity contribution in [2.75, 3.05) is 41.8 Å². The fourth-order valence-corrected chi connectivity index (χ4v) is 5.15. The summed E-state index contributed by atoms with van der Waals surface area (Å²) in [6.45, 7) is 9.18. The molecule has 3 aromatic rings. The van der Waals surface area contributed by atoms with Gasteiger partial charge in [0.25, 0.3) is 0 Å². The van der Waals surface area contributed by atoms with Gasteiger partial charge in [-0.2, -0.15) is 18.3 Å². The molecule has 1 N–H and O–H groups in total. The topological polar surface area (TPSA) is 92.6 Å². The van der Waals surface area contributed by atoms with Gasteiger partial charge in [0.2, 0.25) is 0 Å². The van der Waals surface area contributed by atoms with Gasteiger partial charge in [-0.3, -0.25) is 14.8 Å². The molecule has 0 aliphatic carbocycles. The van der Waals surface area contributed by atoms with E-state index < -0.39 is 23.4 Å². The van der Waals surface area contributed by atoms with Crippen molar-refractivity contribution in [1.29, 1.82) is 0 Å². The Kier molecular flexibility index (Phi) is 9.12. The van der Waals surface area contributed by atoms with Gasteiger partial charge in [-0.25, -0.2) is 9.78 Å². The Morgan fingerprint density at radius 1 is 1.14 bits per heavy atom. The molecule has 1 fully saturated rings. The minimum atomic E-state index is -4.38. The third kappa shape index (κ3) is 7.59. The number of carbonyl (C=O) groups excluding carboxylic acids is 2. The van der Waals surface area contributed by atoms with E-state index in [1.165, 1.54) is 12.1 Å². The molecule has 1 unspecified atom stereocenters. The zero-order chi connectivity index (χ0) is 30.7. The molecule has 1 atom stereocenters. The Labute approximate surface area is 243 Å². The fourth-order valence-electron chi connectivity index (χ4n) is 5.15. The summed E-state index contributed by atoms with van der Waals surface area (Å²) in [5.74, 6) is 1.29. The Morgan fingerprint density at radius 3 is 2.40 bits per heavy atom. The van der Waals surface area contributed by atoms with Crippen molar-refractivity contribution >= 4 is 29.7 Å². The first kappa shape index (κ1) is 30.9. The molecule has 0 bridgehead atoms. The summed E-state index contributed by atoms with van der Waals surface area (Å²) >= 11 is 0. The number of amides is 1. The number of aldehydes is 1. The highest BCUT2D eigenvalue weighted by Gasteiger charge is 2.30. The molecule has 42 heavy (non-hydrogen) atoms. The smallest absolute Gasteiger partial charge is 0.416 e. The molecule has 226 valence electrons. The second kappa shape index (κ2) is 12.4. The number of pyridine rings is 1. The van der Waals surface area contributed by atoms with Gasteiger partial charge in [-0.1, -0.05) is 6.07 Å². The van der Waals surface area contributed by atoms with Crippen molar-refractivity contribution in [2.45, 2.75) is 64.3 Å². The number of hydrogen-bond acceptors (Lipinski definition) is 7. The predicted molar refractivity (Wildman–Crippen MR) is 155 cm³/mol. The zero-order valence-electron chi connectivity index (χ0n) is 24.5. The number of nitrogens with zero attached hydrogens (tertiary/aromatic N) is 5. The van der Waals surface area contributed by atoms with Gasteiger partial charge in [0.15, 0.2) is 6.29 Å². The van der Waals surface area contributed by atoms with Crippen molar-refractivity contribution in [1.82, 2.24) is 14.8 Å². The van der Waals surface area contributed by atoms with Gasteiger partial charge < -0.3 is 14.5 Å². The van der Waals surface area contributed by atoms with E-state index in [4.69, 9.17) is 4.74 Å². The van der Waals surface area contributed by atoms with E-state index >= 15 is 0 Å². The van der Waals surface area contributed by atoms with Crippen LogP contribution in [0.3, 0.4) is 0 Å². The average molecular weight is 587 g/mol. The van der Waals surface area contributed by atoms with Crippen LogP contribution in [0.15, 0.2) is 48.7 Å². The van der Waals surface area contributed by atoms with Crippen LogP contribution in [-0.2, 0) is 10.9 Å². The number of benzene rings is 1. The van der Waals surface area contributed by atoms with Gasteiger partial charge in [0.05, 0.1) is 17.8 Å². The molecule has 12 heteroatoms. The summed E-state index contributed by atoms with van der Waals surface area (Å²) in [6.07, 6.45) is -0.789. The highest BCUT2D eigenvalue weighted by atomic mass is 19.4. The molecule has 4 rings (SSSR count). The maximum atomic E-state index is 12.9. The molecule has 2 aromatic heterocycles. The van der Waals surface area contributed by atoms with E-state index in [0.717, 1.165) is 42.6 Å². The van der Waals surface area contributed by atoms with Gasteiger partial charge in [0, 0.05) is 37.9 Å². The lowest BCUT2D eigenvalue weighted by molar-refractivity contribution is -0.137. The first-order valence-corrected chi connectivity index (χ1v) is 13.9. The molecule has 0 spiro atoms. The van der Waals surface area contributed by atoms with Gasteiger partial charge in [-0.05, 0) is 82.9 Å². The number of aromatic nitrogens is 3. The molecule has 1 aliphatic heterocycles. The molecule has 1 aliphatic rings. The van der Waals surface area contributed by atoms with Gasteiger partial charge in [0.1, 0.15) is 22.9 Å². The second-order valence-corrected chi connectivity index (χ2v) is 11.6. The molecule has 9 nitrogen and oxygen atoms in total.